The fraction of sp³-hybridized carbons (Fsp3) is 0.250. The van der Waals surface area contributed by atoms with Crippen molar-refractivity contribution in [2.45, 2.75) is 6.92 Å². The van der Waals surface area contributed by atoms with Crippen molar-refractivity contribution in [2.75, 3.05) is 13.7 Å². The number of ether oxygens (including phenoxy) is 2. The van der Waals surface area contributed by atoms with Gasteiger partial charge in [0.25, 0.3) is 0 Å². The quantitative estimate of drug-likeness (QED) is 0.560. The molecule has 0 heterocycles. The summed E-state index contributed by atoms with van der Waals surface area (Å²) in [5.41, 5.74) is 1.34. The normalized spacial score (nSPS) is 10.3. The third-order valence-electron chi connectivity index (χ3n) is 1.84. The largest absolute Gasteiger partial charge is 0.504 e. The number of hydrogen-bond acceptors (Lipinski definition) is 3. The fourth-order valence-electron chi connectivity index (χ4n) is 1.18. The Kier molecular flexibility index (Phi) is 4.41. The first-order chi connectivity index (χ1) is 7.29. The van der Waals surface area contributed by atoms with Crippen LogP contribution < -0.4 is 0 Å². The lowest BCUT2D eigenvalue weighted by molar-refractivity contribution is 0.0526. The van der Waals surface area contributed by atoms with E-state index in [9.17, 15) is 4.79 Å². The van der Waals surface area contributed by atoms with Crippen LogP contribution in [0.3, 0.4) is 0 Å². The van der Waals surface area contributed by atoms with Crippen molar-refractivity contribution in [2.24, 2.45) is 0 Å². The zero-order valence-corrected chi connectivity index (χ0v) is 8.90. The molecule has 0 saturated heterocycles. The van der Waals surface area contributed by atoms with Crippen molar-refractivity contribution < 1.29 is 14.3 Å². The second kappa shape index (κ2) is 5.86. The molecule has 0 bridgehead atoms. The van der Waals surface area contributed by atoms with E-state index in [2.05, 4.69) is 0 Å². The van der Waals surface area contributed by atoms with Crippen LogP contribution in [-0.2, 0) is 9.47 Å². The highest BCUT2D eigenvalue weighted by atomic mass is 16.5. The van der Waals surface area contributed by atoms with Crippen molar-refractivity contribution in [3.05, 3.63) is 41.7 Å². The third-order valence-corrected chi connectivity index (χ3v) is 1.84. The molecule has 0 radical (unpaired) electrons. The number of carbonyl (C=O) groups excluding carboxylic acids is 1. The number of hydrogen-bond donors (Lipinski definition) is 0. The maximum atomic E-state index is 11.5. The first-order valence-electron chi connectivity index (χ1n) is 4.75. The van der Waals surface area contributed by atoms with Crippen LogP contribution in [0.25, 0.3) is 6.08 Å². The van der Waals surface area contributed by atoms with Gasteiger partial charge in [0.2, 0.25) is 0 Å². The van der Waals surface area contributed by atoms with Crippen LogP contribution in [0, 0.1) is 0 Å². The van der Waals surface area contributed by atoms with Crippen molar-refractivity contribution in [1.29, 1.82) is 0 Å². The van der Waals surface area contributed by atoms with Gasteiger partial charge in [-0.2, -0.15) is 0 Å². The van der Waals surface area contributed by atoms with Crippen LogP contribution in [0.15, 0.2) is 30.5 Å². The van der Waals surface area contributed by atoms with E-state index in [4.69, 9.17) is 9.47 Å². The maximum absolute atomic E-state index is 11.5. The number of esters is 1. The summed E-state index contributed by atoms with van der Waals surface area (Å²) in [4.78, 5) is 11.5. The Bertz CT molecular complexity index is 356. The van der Waals surface area contributed by atoms with Gasteiger partial charge in [0.05, 0.1) is 25.5 Å². The summed E-state index contributed by atoms with van der Waals surface area (Å²) >= 11 is 0. The highest BCUT2D eigenvalue weighted by molar-refractivity contribution is 5.93. The second-order valence-electron chi connectivity index (χ2n) is 2.85. The van der Waals surface area contributed by atoms with Crippen LogP contribution in [0.2, 0.25) is 0 Å². The molecule has 0 aromatic heterocycles. The van der Waals surface area contributed by atoms with Gasteiger partial charge in [-0.3, -0.25) is 0 Å². The first kappa shape index (κ1) is 11.3. The van der Waals surface area contributed by atoms with Crippen LogP contribution in [0.4, 0.5) is 0 Å². The third kappa shape index (κ3) is 3.13. The van der Waals surface area contributed by atoms with Crippen molar-refractivity contribution in [1.82, 2.24) is 0 Å². The molecule has 0 saturated carbocycles. The zero-order chi connectivity index (χ0) is 11.1. The van der Waals surface area contributed by atoms with Gasteiger partial charge < -0.3 is 9.47 Å². The molecule has 15 heavy (non-hydrogen) atoms. The van der Waals surface area contributed by atoms with Crippen molar-refractivity contribution >= 4 is 12.0 Å². The Balaban J connectivity index is 2.95. The topological polar surface area (TPSA) is 35.5 Å². The molecule has 80 valence electrons. The molecular formula is C12H14O3. The van der Waals surface area contributed by atoms with E-state index >= 15 is 0 Å². The molecule has 0 atom stereocenters. The molecule has 0 N–H and O–H groups in total. The molecule has 1 aromatic carbocycles. The predicted molar refractivity (Wildman–Crippen MR) is 58.4 cm³/mol. The van der Waals surface area contributed by atoms with E-state index in [-0.39, 0.29) is 5.97 Å². The highest BCUT2D eigenvalue weighted by Gasteiger charge is 2.09. The number of benzene rings is 1. The molecule has 0 fully saturated rings. The molecule has 0 unspecified atom stereocenters. The van der Waals surface area contributed by atoms with Gasteiger partial charge in [-0.1, -0.05) is 18.2 Å². The minimum absolute atomic E-state index is 0.311. The zero-order valence-electron chi connectivity index (χ0n) is 8.90. The Morgan fingerprint density at radius 1 is 1.40 bits per heavy atom. The Hall–Kier alpha value is -1.77. The monoisotopic (exact) mass is 206 g/mol. The molecule has 0 aliphatic rings. The summed E-state index contributed by atoms with van der Waals surface area (Å²) in [6.07, 6.45) is 3.25. The second-order valence-corrected chi connectivity index (χ2v) is 2.85. The molecule has 0 spiro atoms. The van der Waals surface area contributed by atoms with Gasteiger partial charge in [-0.25, -0.2) is 4.79 Å². The minimum atomic E-state index is -0.311. The fourth-order valence-corrected chi connectivity index (χ4v) is 1.18. The average molecular weight is 206 g/mol. The van der Waals surface area contributed by atoms with E-state index in [1.807, 2.05) is 12.1 Å². The standard InChI is InChI=1S/C12H14O3/c1-3-15-12(13)11-7-5-4-6-10(11)8-9-14-2/h4-9H,3H2,1-2H3. The van der Waals surface area contributed by atoms with E-state index in [1.165, 1.54) is 6.26 Å². The van der Waals surface area contributed by atoms with Crippen molar-refractivity contribution in [3.63, 3.8) is 0 Å². The van der Waals surface area contributed by atoms with Gasteiger partial charge in [0, 0.05) is 0 Å². The molecule has 0 amide bonds. The summed E-state index contributed by atoms with van der Waals surface area (Å²) < 4.78 is 9.74. The predicted octanol–water partition coefficient (Wildman–Crippen LogP) is 2.48. The minimum Gasteiger partial charge on any atom is -0.504 e. The smallest absolute Gasteiger partial charge is 0.338 e. The molecular weight excluding hydrogens is 192 g/mol. The Morgan fingerprint density at radius 2 is 2.13 bits per heavy atom. The maximum Gasteiger partial charge on any atom is 0.338 e. The van der Waals surface area contributed by atoms with Crippen LogP contribution >= 0.6 is 0 Å². The average Bonchev–Trinajstić information content (AvgIpc) is 2.27. The molecule has 3 nitrogen and oxygen atoms in total. The van der Waals surface area contributed by atoms with Crippen LogP contribution in [0.1, 0.15) is 22.8 Å². The number of rotatable bonds is 4. The molecule has 3 heteroatoms. The molecule has 0 aliphatic heterocycles. The lowest BCUT2D eigenvalue weighted by Crippen LogP contribution is -2.06. The lowest BCUT2D eigenvalue weighted by atomic mass is 10.1. The number of carbonyl (C=O) groups is 1. The Labute approximate surface area is 89.3 Å². The van der Waals surface area contributed by atoms with Gasteiger partial charge >= 0.3 is 5.97 Å². The van der Waals surface area contributed by atoms with E-state index in [0.29, 0.717) is 12.2 Å². The van der Waals surface area contributed by atoms with E-state index < -0.39 is 0 Å². The lowest BCUT2D eigenvalue weighted by Gasteiger charge is -2.04. The van der Waals surface area contributed by atoms with Gasteiger partial charge in [0.15, 0.2) is 0 Å². The van der Waals surface area contributed by atoms with E-state index in [1.54, 1.807) is 32.2 Å². The van der Waals surface area contributed by atoms with E-state index in [0.717, 1.165) is 5.56 Å². The summed E-state index contributed by atoms with van der Waals surface area (Å²) in [6.45, 7) is 2.16. The molecule has 0 aliphatic carbocycles. The molecule has 1 aromatic rings. The summed E-state index contributed by atoms with van der Waals surface area (Å²) in [6, 6.07) is 7.23. The SMILES string of the molecule is CCOC(=O)c1ccccc1C=COC. The summed E-state index contributed by atoms with van der Waals surface area (Å²) in [5.74, 6) is -0.311. The first-order valence-corrected chi connectivity index (χ1v) is 4.75. The summed E-state index contributed by atoms with van der Waals surface area (Å²) in [5, 5.41) is 0. The van der Waals surface area contributed by atoms with Crippen LogP contribution in [-0.4, -0.2) is 19.7 Å². The van der Waals surface area contributed by atoms with Gasteiger partial charge in [-0.15, -0.1) is 0 Å². The Morgan fingerprint density at radius 3 is 2.80 bits per heavy atom. The highest BCUT2D eigenvalue weighted by Crippen LogP contribution is 2.12. The molecule has 1 rings (SSSR count). The number of methoxy groups -OCH3 is 1. The van der Waals surface area contributed by atoms with Crippen molar-refractivity contribution in [3.8, 4) is 0 Å². The van der Waals surface area contributed by atoms with Gasteiger partial charge in [-0.05, 0) is 24.6 Å². The van der Waals surface area contributed by atoms with Crippen LogP contribution in [0.5, 0.6) is 0 Å². The summed E-state index contributed by atoms with van der Waals surface area (Å²) in [7, 11) is 1.56. The van der Waals surface area contributed by atoms with Gasteiger partial charge in [0.1, 0.15) is 0 Å².